The highest BCUT2D eigenvalue weighted by atomic mass is 15.1. The molecule has 1 rings (SSSR count). The molecule has 0 amide bonds. The lowest BCUT2D eigenvalue weighted by Gasteiger charge is -2.33. The van der Waals surface area contributed by atoms with Crippen molar-refractivity contribution in [3.05, 3.63) is 0 Å². The van der Waals surface area contributed by atoms with Crippen LogP contribution < -0.4 is 5.32 Å². The maximum atomic E-state index is 3.55. The van der Waals surface area contributed by atoms with Crippen LogP contribution in [0.1, 0.15) is 38.5 Å². The van der Waals surface area contributed by atoms with Crippen LogP contribution in [0.4, 0.5) is 0 Å². The molecule has 1 aliphatic carbocycles. The van der Waals surface area contributed by atoms with Gasteiger partial charge < -0.3 is 15.1 Å². The van der Waals surface area contributed by atoms with Crippen molar-refractivity contribution in [2.45, 2.75) is 44.6 Å². The number of nitrogens with zero attached hydrogens (tertiary/aromatic N) is 2. The standard InChI is InChI=1S/C15H33N3/c1-16-15(14-9-6-5-7-10-14)13-18(4)12-8-11-17(2)3/h14-16H,5-13H2,1-4H3. The number of likely N-dealkylation sites (N-methyl/N-ethyl adjacent to an activating group) is 2. The number of nitrogens with one attached hydrogen (secondary N) is 1. The van der Waals surface area contributed by atoms with E-state index in [1.807, 2.05) is 0 Å². The fraction of sp³-hybridized carbons (Fsp3) is 1.00. The van der Waals surface area contributed by atoms with Crippen LogP contribution in [0, 0.1) is 5.92 Å². The molecule has 1 aliphatic rings. The molecule has 1 unspecified atom stereocenters. The molecule has 0 aromatic carbocycles. The summed E-state index contributed by atoms with van der Waals surface area (Å²) in [5, 5.41) is 3.55. The maximum Gasteiger partial charge on any atom is 0.0220 e. The van der Waals surface area contributed by atoms with Crippen LogP contribution in [0.15, 0.2) is 0 Å². The van der Waals surface area contributed by atoms with Crippen molar-refractivity contribution in [1.82, 2.24) is 15.1 Å². The van der Waals surface area contributed by atoms with Gasteiger partial charge in [-0.15, -0.1) is 0 Å². The number of hydrogen-bond donors (Lipinski definition) is 1. The first-order chi connectivity index (χ1) is 8.63. The van der Waals surface area contributed by atoms with Gasteiger partial charge in [-0.2, -0.15) is 0 Å². The Bertz CT molecular complexity index is 200. The van der Waals surface area contributed by atoms with Crippen molar-refractivity contribution >= 4 is 0 Å². The highest BCUT2D eigenvalue weighted by Gasteiger charge is 2.23. The van der Waals surface area contributed by atoms with E-state index < -0.39 is 0 Å². The van der Waals surface area contributed by atoms with E-state index in [0.717, 1.165) is 5.92 Å². The largest absolute Gasteiger partial charge is 0.315 e. The summed E-state index contributed by atoms with van der Waals surface area (Å²) in [5.41, 5.74) is 0. The Morgan fingerprint density at radius 3 is 2.28 bits per heavy atom. The van der Waals surface area contributed by atoms with Gasteiger partial charge in [-0.3, -0.25) is 0 Å². The van der Waals surface area contributed by atoms with Crippen molar-refractivity contribution in [1.29, 1.82) is 0 Å². The van der Waals surface area contributed by atoms with Gasteiger partial charge in [0.1, 0.15) is 0 Å². The quantitative estimate of drug-likeness (QED) is 0.716. The third-order valence-corrected chi connectivity index (χ3v) is 4.24. The Morgan fingerprint density at radius 2 is 1.72 bits per heavy atom. The van der Waals surface area contributed by atoms with E-state index in [1.54, 1.807) is 0 Å². The minimum atomic E-state index is 0.689. The predicted octanol–water partition coefficient (Wildman–Crippen LogP) is 2.04. The van der Waals surface area contributed by atoms with Gasteiger partial charge in [-0.25, -0.2) is 0 Å². The van der Waals surface area contributed by atoms with Crippen molar-refractivity contribution in [3.63, 3.8) is 0 Å². The lowest BCUT2D eigenvalue weighted by molar-refractivity contribution is 0.206. The number of rotatable bonds is 8. The lowest BCUT2D eigenvalue weighted by Crippen LogP contribution is -2.44. The number of hydrogen-bond acceptors (Lipinski definition) is 3. The first-order valence-electron chi connectivity index (χ1n) is 7.64. The van der Waals surface area contributed by atoms with E-state index in [0.29, 0.717) is 6.04 Å². The van der Waals surface area contributed by atoms with Gasteiger partial charge in [-0.1, -0.05) is 19.3 Å². The van der Waals surface area contributed by atoms with Crippen LogP contribution in [-0.2, 0) is 0 Å². The Morgan fingerprint density at radius 1 is 1.06 bits per heavy atom. The van der Waals surface area contributed by atoms with E-state index >= 15 is 0 Å². The minimum Gasteiger partial charge on any atom is -0.315 e. The first kappa shape index (κ1) is 15.9. The summed E-state index contributed by atoms with van der Waals surface area (Å²) in [6.07, 6.45) is 8.45. The summed E-state index contributed by atoms with van der Waals surface area (Å²) in [4.78, 5) is 4.77. The maximum absolute atomic E-state index is 3.55. The van der Waals surface area contributed by atoms with Crippen LogP contribution in [0.25, 0.3) is 0 Å². The second-order valence-corrected chi connectivity index (χ2v) is 6.21. The molecule has 1 N–H and O–H groups in total. The molecule has 0 aromatic heterocycles. The Labute approximate surface area is 114 Å². The second kappa shape index (κ2) is 8.89. The predicted molar refractivity (Wildman–Crippen MR) is 80.1 cm³/mol. The molecular formula is C15H33N3. The van der Waals surface area contributed by atoms with Crippen molar-refractivity contribution in [2.24, 2.45) is 5.92 Å². The second-order valence-electron chi connectivity index (χ2n) is 6.21. The van der Waals surface area contributed by atoms with Gasteiger partial charge in [-0.05, 0) is 66.5 Å². The fourth-order valence-corrected chi connectivity index (χ4v) is 3.10. The molecule has 0 bridgehead atoms. The molecule has 0 heterocycles. The topological polar surface area (TPSA) is 18.5 Å². The molecule has 108 valence electrons. The Balaban J connectivity index is 2.23. The molecule has 0 spiro atoms. The van der Waals surface area contributed by atoms with E-state index in [-0.39, 0.29) is 0 Å². The van der Waals surface area contributed by atoms with Crippen LogP contribution in [-0.4, -0.2) is 63.7 Å². The SMILES string of the molecule is CNC(CN(C)CCCN(C)C)C1CCCCC1. The Hall–Kier alpha value is -0.120. The van der Waals surface area contributed by atoms with Crippen molar-refractivity contribution in [2.75, 3.05) is 47.8 Å². The zero-order valence-electron chi connectivity index (χ0n) is 12.9. The van der Waals surface area contributed by atoms with Crippen LogP contribution in [0.2, 0.25) is 0 Å². The van der Waals surface area contributed by atoms with Gasteiger partial charge in [0, 0.05) is 12.6 Å². The lowest BCUT2D eigenvalue weighted by atomic mass is 9.83. The van der Waals surface area contributed by atoms with Gasteiger partial charge in [0.2, 0.25) is 0 Å². The molecule has 0 saturated heterocycles. The van der Waals surface area contributed by atoms with Gasteiger partial charge in [0.15, 0.2) is 0 Å². The molecule has 18 heavy (non-hydrogen) atoms. The summed E-state index contributed by atoms with van der Waals surface area (Å²) < 4.78 is 0. The molecule has 0 aromatic rings. The highest BCUT2D eigenvalue weighted by molar-refractivity contribution is 4.80. The molecule has 0 aliphatic heterocycles. The molecule has 3 nitrogen and oxygen atoms in total. The average Bonchev–Trinajstić information content (AvgIpc) is 2.36. The van der Waals surface area contributed by atoms with Gasteiger partial charge >= 0.3 is 0 Å². The smallest absolute Gasteiger partial charge is 0.0220 e. The average molecular weight is 255 g/mol. The summed E-state index contributed by atoms with van der Waals surface area (Å²) in [5.74, 6) is 0.903. The van der Waals surface area contributed by atoms with Crippen LogP contribution in [0.5, 0.6) is 0 Å². The van der Waals surface area contributed by atoms with E-state index in [2.05, 4.69) is 43.3 Å². The third-order valence-electron chi connectivity index (χ3n) is 4.24. The van der Waals surface area contributed by atoms with Crippen LogP contribution in [0.3, 0.4) is 0 Å². The highest BCUT2D eigenvalue weighted by Crippen LogP contribution is 2.26. The van der Waals surface area contributed by atoms with Crippen molar-refractivity contribution < 1.29 is 0 Å². The first-order valence-corrected chi connectivity index (χ1v) is 7.64. The van der Waals surface area contributed by atoms with Gasteiger partial charge in [0.25, 0.3) is 0 Å². The zero-order valence-corrected chi connectivity index (χ0v) is 12.9. The van der Waals surface area contributed by atoms with E-state index in [4.69, 9.17) is 0 Å². The fourth-order valence-electron chi connectivity index (χ4n) is 3.10. The summed E-state index contributed by atoms with van der Waals surface area (Å²) in [7, 11) is 8.70. The molecule has 1 fully saturated rings. The molecule has 0 radical (unpaired) electrons. The van der Waals surface area contributed by atoms with Crippen molar-refractivity contribution in [3.8, 4) is 0 Å². The zero-order chi connectivity index (χ0) is 13.4. The van der Waals surface area contributed by atoms with Crippen LogP contribution >= 0.6 is 0 Å². The normalized spacial score (nSPS) is 19.7. The van der Waals surface area contributed by atoms with E-state index in [1.165, 1.54) is 58.2 Å². The minimum absolute atomic E-state index is 0.689. The summed E-state index contributed by atoms with van der Waals surface area (Å²) in [6, 6.07) is 0.689. The summed E-state index contributed by atoms with van der Waals surface area (Å²) in [6.45, 7) is 3.61. The summed E-state index contributed by atoms with van der Waals surface area (Å²) >= 11 is 0. The molecule has 1 atom stereocenters. The third kappa shape index (κ3) is 6.17. The monoisotopic (exact) mass is 255 g/mol. The molecule has 1 saturated carbocycles. The van der Waals surface area contributed by atoms with Gasteiger partial charge in [0.05, 0.1) is 0 Å². The Kier molecular flexibility index (Phi) is 7.87. The molecular weight excluding hydrogens is 222 g/mol. The van der Waals surface area contributed by atoms with E-state index in [9.17, 15) is 0 Å². The molecule has 3 heteroatoms.